The van der Waals surface area contributed by atoms with Crippen LogP contribution >= 0.6 is 0 Å². The number of likely N-dealkylation sites (tertiary alicyclic amines) is 1. The second-order valence-corrected chi connectivity index (χ2v) is 5.05. The van der Waals surface area contributed by atoms with Gasteiger partial charge in [0.1, 0.15) is 5.41 Å². The van der Waals surface area contributed by atoms with E-state index in [1.807, 2.05) is 4.90 Å². The summed E-state index contributed by atoms with van der Waals surface area (Å²) in [5.41, 5.74) is -0.623. The van der Waals surface area contributed by atoms with Gasteiger partial charge in [-0.1, -0.05) is 20.3 Å². The smallest absolute Gasteiger partial charge is 0.243 e. The van der Waals surface area contributed by atoms with Gasteiger partial charge in [-0.25, -0.2) is 0 Å². The maximum atomic E-state index is 12.1. The molecule has 0 spiro atoms. The summed E-state index contributed by atoms with van der Waals surface area (Å²) in [6, 6.07) is 2.19. The van der Waals surface area contributed by atoms with E-state index < -0.39 is 5.41 Å². The van der Waals surface area contributed by atoms with Gasteiger partial charge < -0.3 is 4.90 Å². The van der Waals surface area contributed by atoms with E-state index >= 15 is 0 Å². The number of hydrogen-bond acceptors (Lipinski definition) is 2. The molecule has 0 aromatic heterocycles. The SMILES string of the molecule is CCC1CN(C(=O)C2(C#N)CC2)CC1C. The molecule has 1 aliphatic carbocycles. The molecule has 1 amide bonds. The third-order valence-electron chi connectivity index (χ3n) is 3.95. The van der Waals surface area contributed by atoms with Crippen molar-refractivity contribution in [2.24, 2.45) is 17.3 Å². The lowest BCUT2D eigenvalue weighted by atomic mass is 9.96. The average molecular weight is 206 g/mol. The minimum absolute atomic E-state index is 0.0906. The third-order valence-corrected chi connectivity index (χ3v) is 3.95. The normalized spacial score (nSPS) is 32.5. The largest absolute Gasteiger partial charge is 0.341 e. The average Bonchev–Trinajstić information content (AvgIpc) is 2.96. The molecule has 2 rings (SSSR count). The van der Waals surface area contributed by atoms with Gasteiger partial charge in [0.15, 0.2) is 0 Å². The fourth-order valence-corrected chi connectivity index (χ4v) is 2.53. The Bertz CT molecular complexity index is 314. The number of hydrogen-bond donors (Lipinski definition) is 0. The number of nitrogens with zero attached hydrogens (tertiary/aromatic N) is 2. The monoisotopic (exact) mass is 206 g/mol. The molecule has 2 fully saturated rings. The molecule has 1 aliphatic heterocycles. The standard InChI is InChI=1S/C12H18N2O/c1-3-10-7-14(6-9(10)2)11(15)12(8-13)4-5-12/h9-10H,3-7H2,1-2H3. The van der Waals surface area contributed by atoms with Crippen LogP contribution in [0.15, 0.2) is 0 Å². The quantitative estimate of drug-likeness (QED) is 0.691. The van der Waals surface area contributed by atoms with E-state index in [1.165, 1.54) is 0 Å². The molecule has 0 aromatic rings. The summed E-state index contributed by atoms with van der Waals surface area (Å²) in [6.07, 6.45) is 2.67. The summed E-state index contributed by atoms with van der Waals surface area (Å²) in [5, 5.41) is 8.98. The van der Waals surface area contributed by atoms with Crippen molar-refractivity contribution in [1.29, 1.82) is 5.26 Å². The molecule has 82 valence electrons. The summed E-state index contributed by atoms with van der Waals surface area (Å²) in [7, 11) is 0. The van der Waals surface area contributed by atoms with Crippen molar-refractivity contribution in [3.63, 3.8) is 0 Å². The minimum atomic E-state index is -0.623. The van der Waals surface area contributed by atoms with Gasteiger partial charge in [0.2, 0.25) is 5.91 Å². The van der Waals surface area contributed by atoms with Crippen molar-refractivity contribution >= 4 is 5.91 Å². The molecule has 2 atom stereocenters. The predicted octanol–water partition coefficient (Wildman–Crippen LogP) is 1.79. The summed E-state index contributed by atoms with van der Waals surface area (Å²) < 4.78 is 0. The second-order valence-electron chi connectivity index (χ2n) is 5.05. The molecule has 0 bridgehead atoms. The zero-order valence-corrected chi connectivity index (χ0v) is 9.49. The van der Waals surface area contributed by atoms with Crippen LogP contribution in [-0.4, -0.2) is 23.9 Å². The van der Waals surface area contributed by atoms with Gasteiger partial charge in [-0.05, 0) is 24.7 Å². The van der Waals surface area contributed by atoms with Gasteiger partial charge in [-0.15, -0.1) is 0 Å². The lowest BCUT2D eigenvalue weighted by Crippen LogP contribution is -2.35. The number of rotatable bonds is 2. The highest BCUT2D eigenvalue weighted by Gasteiger charge is 2.53. The third kappa shape index (κ3) is 1.62. The lowest BCUT2D eigenvalue weighted by Gasteiger charge is -2.18. The molecular weight excluding hydrogens is 188 g/mol. The van der Waals surface area contributed by atoms with Crippen LogP contribution in [0.1, 0.15) is 33.1 Å². The molecule has 0 N–H and O–H groups in total. The highest BCUT2D eigenvalue weighted by molar-refractivity contribution is 5.88. The molecule has 15 heavy (non-hydrogen) atoms. The summed E-state index contributed by atoms with van der Waals surface area (Å²) in [5.74, 6) is 1.31. The van der Waals surface area contributed by atoms with E-state index in [4.69, 9.17) is 5.26 Å². The number of amides is 1. The predicted molar refractivity (Wildman–Crippen MR) is 56.8 cm³/mol. The first-order chi connectivity index (χ1) is 7.13. The fraction of sp³-hybridized carbons (Fsp3) is 0.833. The first-order valence-corrected chi connectivity index (χ1v) is 5.83. The number of nitriles is 1. The molecular formula is C12H18N2O. The maximum Gasteiger partial charge on any atom is 0.243 e. The van der Waals surface area contributed by atoms with Crippen LogP contribution in [0, 0.1) is 28.6 Å². The first kappa shape index (κ1) is 10.5. The van der Waals surface area contributed by atoms with E-state index in [0.717, 1.165) is 32.4 Å². The Morgan fingerprint density at radius 2 is 2.20 bits per heavy atom. The van der Waals surface area contributed by atoms with Crippen molar-refractivity contribution in [2.45, 2.75) is 33.1 Å². The van der Waals surface area contributed by atoms with E-state index in [9.17, 15) is 4.79 Å². The molecule has 1 heterocycles. The zero-order valence-electron chi connectivity index (χ0n) is 9.49. The van der Waals surface area contributed by atoms with Crippen LogP contribution in [0.4, 0.5) is 0 Å². The van der Waals surface area contributed by atoms with E-state index in [-0.39, 0.29) is 5.91 Å². The Morgan fingerprint density at radius 1 is 1.53 bits per heavy atom. The van der Waals surface area contributed by atoms with Gasteiger partial charge in [0, 0.05) is 13.1 Å². The summed E-state index contributed by atoms with van der Waals surface area (Å²) in [6.45, 7) is 6.08. The molecule has 3 heteroatoms. The minimum Gasteiger partial charge on any atom is -0.341 e. The molecule has 1 saturated heterocycles. The zero-order chi connectivity index (χ0) is 11.1. The Balaban J connectivity index is 2.02. The molecule has 3 nitrogen and oxygen atoms in total. The van der Waals surface area contributed by atoms with Gasteiger partial charge in [0.05, 0.1) is 6.07 Å². The Labute approximate surface area is 91.1 Å². The Hall–Kier alpha value is -1.04. The van der Waals surface area contributed by atoms with Crippen molar-refractivity contribution in [3.05, 3.63) is 0 Å². The van der Waals surface area contributed by atoms with Crippen LogP contribution in [0.25, 0.3) is 0 Å². The summed E-state index contributed by atoms with van der Waals surface area (Å²) >= 11 is 0. The molecule has 0 radical (unpaired) electrons. The van der Waals surface area contributed by atoms with Crippen LogP contribution in [-0.2, 0) is 4.79 Å². The molecule has 1 saturated carbocycles. The van der Waals surface area contributed by atoms with E-state index in [2.05, 4.69) is 19.9 Å². The molecule has 2 unspecified atom stereocenters. The van der Waals surface area contributed by atoms with Crippen molar-refractivity contribution in [2.75, 3.05) is 13.1 Å². The first-order valence-electron chi connectivity index (χ1n) is 5.83. The molecule has 2 aliphatic rings. The van der Waals surface area contributed by atoms with Gasteiger partial charge >= 0.3 is 0 Å². The topological polar surface area (TPSA) is 44.1 Å². The van der Waals surface area contributed by atoms with Gasteiger partial charge in [-0.3, -0.25) is 4.79 Å². The van der Waals surface area contributed by atoms with E-state index in [1.54, 1.807) is 0 Å². The Kier molecular flexibility index (Phi) is 2.46. The van der Waals surface area contributed by atoms with Crippen molar-refractivity contribution < 1.29 is 4.79 Å². The molecule has 0 aromatic carbocycles. The van der Waals surface area contributed by atoms with Crippen LogP contribution in [0.2, 0.25) is 0 Å². The highest BCUT2D eigenvalue weighted by atomic mass is 16.2. The van der Waals surface area contributed by atoms with Crippen LogP contribution in [0.5, 0.6) is 0 Å². The maximum absolute atomic E-state index is 12.1. The van der Waals surface area contributed by atoms with Gasteiger partial charge in [0.25, 0.3) is 0 Å². The Morgan fingerprint density at radius 3 is 2.60 bits per heavy atom. The second kappa shape index (κ2) is 3.52. The lowest BCUT2D eigenvalue weighted by molar-refractivity contribution is -0.134. The van der Waals surface area contributed by atoms with Crippen molar-refractivity contribution in [1.82, 2.24) is 4.90 Å². The fourth-order valence-electron chi connectivity index (χ4n) is 2.53. The number of carbonyl (C=O) groups is 1. The number of carbonyl (C=O) groups excluding carboxylic acids is 1. The van der Waals surface area contributed by atoms with Crippen LogP contribution in [0.3, 0.4) is 0 Å². The van der Waals surface area contributed by atoms with E-state index in [0.29, 0.717) is 11.8 Å². The van der Waals surface area contributed by atoms with Gasteiger partial charge in [-0.2, -0.15) is 5.26 Å². The summed E-state index contributed by atoms with van der Waals surface area (Å²) in [4.78, 5) is 14.0. The highest BCUT2D eigenvalue weighted by Crippen LogP contribution is 2.47. The van der Waals surface area contributed by atoms with Crippen molar-refractivity contribution in [3.8, 4) is 6.07 Å². The van der Waals surface area contributed by atoms with Crippen LogP contribution < -0.4 is 0 Å².